The Labute approximate surface area is 104 Å². The van der Waals surface area contributed by atoms with Crippen LogP contribution in [0.2, 0.25) is 0 Å². The van der Waals surface area contributed by atoms with Gasteiger partial charge in [-0.2, -0.15) is 0 Å². The molecule has 0 unspecified atom stereocenters. The summed E-state index contributed by atoms with van der Waals surface area (Å²) in [4.78, 5) is 17.0. The molecule has 78 valence electrons. The minimum atomic E-state index is 0.0914. The fraction of sp³-hybridized carbons (Fsp3) is 0.200. The third-order valence-corrected chi connectivity index (χ3v) is 4.33. The molecule has 5 heteroatoms. The Hall–Kier alpha value is -0.520. The maximum atomic E-state index is 11.8. The quantitative estimate of drug-likeness (QED) is 0.809. The van der Waals surface area contributed by atoms with Crippen LogP contribution in [0.5, 0.6) is 0 Å². The summed E-state index contributed by atoms with van der Waals surface area (Å²) in [6.45, 7) is 1.91. The van der Waals surface area contributed by atoms with E-state index in [1.54, 1.807) is 11.3 Å². The summed E-state index contributed by atoms with van der Waals surface area (Å²) in [6.07, 6.45) is 0.444. The average molecular weight is 302 g/mol. The van der Waals surface area contributed by atoms with Gasteiger partial charge in [0.15, 0.2) is 5.78 Å². The van der Waals surface area contributed by atoms with E-state index < -0.39 is 0 Å². The number of carbonyl (C=O) groups excluding carboxylic acids is 1. The Bertz CT molecular complexity index is 489. The van der Waals surface area contributed by atoms with E-state index in [4.69, 9.17) is 0 Å². The molecule has 0 bridgehead atoms. The molecule has 0 aromatic carbocycles. The van der Waals surface area contributed by atoms with Crippen molar-refractivity contribution in [2.24, 2.45) is 0 Å². The lowest BCUT2D eigenvalue weighted by Crippen LogP contribution is -2.02. The first kappa shape index (κ1) is 11.0. The summed E-state index contributed by atoms with van der Waals surface area (Å²) < 4.78 is 1.03. The van der Waals surface area contributed by atoms with Crippen molar-refractivity contribution >= 4 is 44.4 Å². The van der Waals surface area contributed by atoms with Crippen LogP contribution < -0.4 is 0 Å². The Morgan fingerprint density at radius 2 is 2.27 bits per heavy atom. The minimum absolute atomic E-state index is 0.0914. The van der Waals surface area contributed by atoms with Crippen molar-refractivity contribution in [2.45, 2.75) is 13.3 Å². The Kier molecular flexibility index (Phi) is 3.33. The highest BCUT2D eigenvalue weighted by Gasteiger charge is 2.11. The number of aromatic nitrogens is 1. The largest absolute Gasteiger partial charge is 0.292 e. The summed E-state index contributed by atoms with van der Waals surface area (Å²) in [5.74, 6) is 0.0914. The number of ketones is 1. The number of Topliss-reactive ketones (excluding diaryl/α,β-unsaturated/α-hetero) is 1. The molecule has 0 N–H and O–H groups in total. The lowest BCUT2D eigenvalue weighted by atomic mass is 10.2. The first-order valence-electron chi connectivity index (χ1n) is 4.33. The van der Waals surface area contributed by atoms with Gasteiger partial charge in [-0.1, -0.05) is 0 Å². The highest BCUT2D eigenvalue weighted by molar-refractivity contribution is 9.10. The molecule has 0 fully saturated rings. The van der Waals surface area contributed by atoms with E-state index in [1.165, 1.54) is 11.3 Å². The van der Waals surface area contributed by atoms with Gasteiger partial charge in [0.25, 0.3) is 0 Å². The Balaban J connectivity index is 2.10. The first-order chi connectivity index (χ1) is 7.15. The number of thiazole rings is 1. The van der Waals surface area contributed by atoms with Crippen LogP contribution in [0.4, 0.5) is 0 Å². The van der Waals surface area contributed by atoms with Crippen molar-refractivity contribution in [3.8, 4) is 0 Å². The number of aryl methyl sites for hydroxylation is 1. The first-order valence-corrected chi connectivity index (χ1v) is 6.88. The summed E-state index contributed by atoms with van der Waals surface area (Å²) in [5, 5.41) is 4.74. The van der Waals surface area contributed by atoms with Gasteiger partial charge < -0.3 is 0 Å². The van der Waals surface area contributed by atoms with E-state index in [0.29, 0.717) is 12.1 Å². The molecule has 0 saturated heterocycles. The number of rotatable bonds is 3. The fourth-order valence-electron chi connectivity index (χ4n) is 1.19. The van der Waals surface area contributed by atoms with Gasteiger partial charge in [-0.25, -0.2) is 4.98 Å². The predicted molar refractivity (Wildman–Crippen MR) is 66.9 cm³/mol. The van der Waals surface area contributed by atoms with Crippen molar-refractivity contribution < 1.29 is 4.79 Å². The molecule has 2 heterocycles. The number of thiophene rings is 1. The number of halogens is 1. The molecule has 0 spiro atoms. The average Bonchev–Trinajstić information content (AvgIpc) is 2.75. The fourth-order valence-corrected chi connectivity index (χ4v) is 3.25. The molecule has 15 heavy (non-hydrogen) atoms. The van der Waals surface area contributed by atoms with E-state index in [0.717, 1.165) is 14.4 Å². The van der Waals surface area contributed by atoms with Crippen LogP contribution in [0.1, 0.15) is 20.4 Å². The number of hydrogen-bond donors (Lipinski definition) is 0. The van der Waals surface area contributed by atoms with Gasteiger partial charge in [0.05, 0.1) is 5.01 Å². The second kappa shape index (κ2) is 4.55. The smallest absolute Gasteiger partial charge is 0.187 e. The molecule has 0 amide bonds. The molecule has 2 aromatic rings. The van der Waals surface area contributed by atoms with Crippen molar-refractivity contribution in [3.63, 3.8) is 0 Å². The molecular formula is C10H8BrNOS2. The topological polar surface area (TPSA) is 30.0 Å². The zero-order valence-electron chi connectivity index (χ0n) is 7.99. The summed E-state index contributed by atoms with van der Waals surface area (Å²) in [6, 6.07) is 1.97. The van der Waals surface area contributed by atoms with Crippen LogP contribution in [-0.2, 0) is 6.42 Å². The van der Waals surface area contributed by atoms with Crippen molar-refractivity contribution in [1.29, 1.82) is 0 Å². The molecule has 0 aliphatic rings. The molecule has 0 saturated carbocycles. The molecule has 2 rings (SSSR count). The van der Waals surface area contributed by atoms with Crippen molar-refractivity contribution in [1.82, 2.24) is 4.98 Å². The maximum Gasteiger partial charge on any atom is 0.187 e. The summed E-state index contributed by atoms with van der Waals surface area (Å²) in [5.41, 5.74) is 0.585. The van der Waals surface area contributed by atoms with Crippen LogP contribution in [-0.4, -0.2) is 10.8 Å². The van der Waals surface area contributed by atoms with Gasteiger partial charge in [-0.15, -0.1) is 22.7 Å². The van der Waals surface area contributed by atoms with Crippen molar-refractivity contribution in [3.05, 3.63) is 36.9 Å². The highest BCUT2D eigenvalue weighted by Crippen LogP contribution is 2.21. The highest BCUT2D eigenvalue weighted by atomic mass is 79.9. The summed E-state index contributed by atoms with van der Waals surface area (Å²) in [7, 11) is 0. The minimum Gasteiger partial charge on any atom is -0.292 e. The second-order valence-electron chi connectivity index (χ2n) is 3.08. The molecule has 0 radical (unpaired) electrons. The molecule has 2 nitrogen and oxygen atoms in total. The number of hydrogen-bond acceptors (Lipinski definition) is 4. The molecular weight excluding hydrogens is 294 g/mol. The molecule has 0 atom stereocenters. The van der Waals surface area contributed by atoms with Gasteiger partial charge in [0, 0.05) is 26.5 Å². The number of carbonyl (C=O) groups is 1. The Morgan fingerprint density at radius 3 is 2.80 bits per heavy atom. The van der Waals surface area contributed by atoms with Crippen molar-refractivity contribution in [2.75, 3.05) is 0 Å². The van der Waals surface area contributed by atoms with Crippen LogP contribution in [0.25, 0.3) is 0 Å². The maximum absolute atomic E-state index is 11.8. The normalized spacial score (nSPS) is 10.5. The molecule has 0 aliphatic carbocycles. The lowest BCUT2D eigenvalue weighted by Gasteiger charge is -1.93. The van der Waals surface area contributed by atoms with E-state index in [2.05, 4.69) is 20.9 Å². The molecule has 2 aromatic heterocycles. The monoisotopic (exact) mass is 301 g/mol. The zero-order chi connectivity index (χ0) is 10.8. The lowest BCUT2D eigenvalue weighted by molar-refractivity contribution is 0.0989. The van der Waals surface area contributed by atoms with E-state index >= 15 is 0 Å². The van der Waals surface area contributed by atoms with Crippen LogP contribution >= 0.6 is 38.6 Å². The molecule has 0 aliphatic heterocycles. The van der Waals surface area contributed by atoms with Gasteiger partial charge in [0.1, 0.15) is 5.69 Å². The van der Waals surface area contributed by atoms with Crippen LogP contribution in [0.3, 0.4) is 0 Å². The summed E-state index contributed by atoms with van der Waals surface area (Å²) >= 11 is 6.47. The van der Waals surface area contributed by atoms with Crippen LogP contribution in [0, 0.1) is 6.92 Å². The SMILES string of the molecule is Cc1nc(C(=O)Cc2cc(Br)cs2)cs1. The number of nitrogens with zero attached hydrogens (tertiary/aromatic N) is 1. The van der Waals surface area contributed by atoms with Gasteiger partial charge in [0.2, 0.25) is 0 Å². The van der Waals surface area contributed by atoms with Crippen LogP contribution in [0.15, 0.2) is 21.3 Å². The van der Waals surface area contributed by atoms with Gasteiger partial charge >= 0.3 is 0 Å². The second-order valence-corrected chi connectivity index (χ2v) is 6.06. The third-order valence-electron chi connectivity index (χ3n) is 1.86. The zero-order valence-corrected chi connectivity index (χ0v) is 11.2. The van der Waals surface area contributed by atoms with Gasteiger partial charge in [-0.05, 0) is 28.9 Å². The van der Waals surface area contributed by atoms with E-state index in [-0.39, 0.29) is 5.78 Å². The standard InChI is InChI=1S/C10H8BrNOS2/c1-6-12-9(5-14-6)10(13)3-8-2-7(11)4-15-8/h2,4-5H,3H2,1H3. The van der Waals surface area contributed by atoms with E-state index in [1.807, 2.05) is 23.8 Å². The Morgan fingerprint density at radius 1 is 1.47 bits per heavy atom. The van der Waals surface area contributed by atoms with E-state index in [9.17, 15) is 4.79 Å². The van der Waals surface area contributed by atoms with Gasteiger partial charge in [-0.3, -0.25) is 4.79 Å². The third kappa shape index (κ3) is 2.74. The predicted octanol–water partition coefficient (Wildman–Crippen LogP) is 3.70.